The maximum absolute atomic E-state index is 12.1. The predicted octanol–water partition coefficient (Wildman–Crippen LogP) is 3.43. The van der Waals surface area contributed by atoms with Gasteiger partial charge in [0.1, 0.15) is 11.5 Å². The SMILES string of the molecule is C[C@@H](Oc1cccnc1)C(=O)Nc1ccc(OCC(F)(F)F)cc1. The molecule has 128 valence electrons. The van der Waals surface area contributed by atoms with Crippen molar-refractivity contribution < 1.29 is 27.4 Å². The fraction of sp³-hybridized carbons (Fsp3) is 0.250. The van der Waals surface area contributed by atoms with Crippen molar-refractivity contribution in [1.82, 2.24) is 4.98 Å². The Labute approximate surface area is 136 Å². The Morgan fingerprint density at radius 2 is 1.92 bits per heavy atom. The highest BCUT2D eigenvalue weighted by Gasteiger charge is 2.28. The lowest BCUT2D eigenvalue weighted by Gasteiger charge is -2.14. The average molecular weight is 340 g/mol. The molecule has 1 aromatic carbocycles. The van der Waals surface area contributed by atoms with Crippen LogP contribution in [-0.2, 0) is 4.79 Å². The van der Waals surface area contributed by atoms with E-state index in [9.17, 15) is 18.0 Å². The quantitative estimate of drug-likeness (QED) is 0.875. The van der Waals surface area contributed by atoms with Gasteiger partial charge in [0.05, 0.1) is 6.20 Å². The normalized spacial score (nSPS) is 12.3. The summed E-state index contributed by atoms with van der Waals surface area (Å²) in [6.07, 6.45) is -2.10. The second-order valence-electron chi connectivity index (χ2n) is 4.87. The van der Waals surface area contributed by atoms with E-state index in [0.29, 0.717) is 11.4 Å². The number of ether oxygens (including phenoxy) is 2. The molecule has 1 aromatic heterocycles. The molecular weight excluding hydrogens is 325 g/mol. The van der Waals surface area contributed by atoms with Crippen LogP contribution in [0.15, 0.2) is 48.8 Å². The molecule has 0 aliphatic carbocycles. The Kier molecular flexibility index (Phi) is 5.62. The predicted molar refractivity (Wildman–Crippen MR) is 80.9 cm³/mol. The number of nitrogens with zero attached hydrogens (tertiary/aromatic N) is 1. The van der Waals surface area contributed by atoms with Gasteiger partial charge in [-0.2, -0.15) is 13.2 Å². The van der Waals surface area contributed by atoms with E-state index in [4.69, 9.17) is 4.74 Å². The van der Waals surface area contributed by atoms with E-state index in [2.05, 4.69) is 15.0 Å². The third-order valence-electron chi connectivity index (χ3n) is 2.84. The molecule has 24 heavy (non-hydrogen) atoms. The molecule has 2 aromatic rings. The summed E-state index contributed by atoms with van der Waals surface area (Å²) in [4.78, 5) is 15.9. The van der Waals surface area contributed by atoms with Crippen LogP contribution in [0.4, 0.5) is 18.9 Å². The van der Waals surface area contributed by atoms with Crippen LogP contribution < -0.4 is 14.8 Å². The standard InChI is InChI=1S/C16H15F3N2O3/c1-11(24-14-3-2-8-20-9-14)15(22)21-12-4-6-13(7-5-12)23-10-16(17,18)19/h2-9,11H,10H2,1H3,(H,21,22)/t11-/m1/s1. The van der Waals surface area contributed by atoms with Crippen molar-refractivity contribution in [1.29, 1.82) is 0 Å². The van der Waals surface area contributed by atoms with Crippen molar-refractivity contribution in [3.05, 3.63) is 48.8 Å². The molecule has 8 heteroatoms. The fourth-order valence-electron chi connectivity index (χ4n) is 1.72. The zero-order valence-electron chi connectivity index (χ0n) is 12.7. The van der Waals surface area contributed by atoms with Crippen molar-refractivity contribution in [2.75, 3.05) is 11.9 Å². The molecule has 0 saturated carbocycles. The molecule has 0 unspecified atom stereocenters. The molecule has 1 N–H and O–H groups in total. The molecule has 0 aliphatic rings. The highest BCUT2D eigenvalue weighted by Crippen LogP contribution is 2.20. The largest absolute Gasteiger partial charge is 0.484 e. The minimum atomic E-state index is -4.40. The summed E-state index contributed by atoms with van der Waals surface area (Å²) in [5.41, 5.74) is 0.418. The molecule has 0 saturated heterocycles. The number of carbonyl (C=O) groups is 1. The number of anilines is 1. The Morgan fingerprint density at radius 1 is 1.21 bits per heavy atom. The lowest BCUT2D eigenvalue weighted by molar-refractivity contribution is -0.153. The average Bonchev–Trinajstić information content (AvgIpc) is 2.54. The number of hydrogen-bond acceptors (Lipinski definition) is 4. The molecule has 1 amide bonds. The summed E-state index contributed by atoms with van der Waals surface area (Å²) in [5.74, 6) is 0.115. The fourth-order valence-corrected chi connectivity index (χ4v) is 1.72. The van der Waals surface area contributed by atoms with Crippen LogP contribution in [0.5, 0.6) is 11.5 Å². The van der Waals surface area contributed by atoms with Crippen molar-refractivity contribution >= 4 is 11.6 Å². The second kappa shape index (κ2) is 7.67. The first-order valence-electron chi connectivity index (χ1n) is 7.01. The van der Waals surface area contributed by atoms with Gasteiger partial charge in [0.2, 0.25) is 0 Å². The molecular formula is C16H15F3N2O3. The van der Waals surface area contributed by atoms with Crippen molar-refractivity contribution in [2.45, 2.75) is 19.2 Å². The van der Waals surface area contributed by atoms with Gasteiger partial charge >= 0.3 is 6.18 Å². The van der Waals surface area contributed by atoms with Crippen molar-refractivity contribution in [2.24, 2.45) is 0 Å². The highest BCUT2D eigenvalue weighted by molar-refractivity contribution is 5.94. The van der Waals surface area contributed by atoms with Gasteiger partial charge in [-0.3, -0.25) is 9.78 Å². The molecule has 0 radical (unpaired) electrons. The van der Waals surface area contributed by atoms with E-state index in [1.54, 1.807) is 25.3 Å². The van der Waals surface area contributed by atoms with Gasteiger partial charge in [0.25, 0.3) is 5.91 Å². The van der Waals surface area contributed by atoms with Crippen LogP contribution in [-0.4, -0.2) is 29.8 Å². The number of hydrogen-bond donors (Lipinski definition) is 1. The molecule has 1 heterocycles. The minimum absolute atomic E-state index is 0.0602. The zero-order chi connectivity index (χ0) is 17.6. The van der Waals surface area contributed by atoms with Crippen molar-refractivity contribution in [3.63, 3.8) is 0 Å². The van der Waals surface area contributed by atoms with Crippen LogP contribution in [0.1, 0.15) is 6.92 Å². The van der Waals surface area contributed by atoms with Crippen LogP contribution in [0.2, 0.25) is 0 Å². The first-order valence-corrected chi connectivity index (χ1v) is 7.01. The maximum atomic E-state index is 12.1. The summed E-state index contributed by atoms with van der Waals surface area (Å²) < 4.78 is 46.2. The summed E-state index contributed by atoms with van der Waals surface area (Å²) in [6, 6.07) is 8.92. The van der Waals surface area contributed by atoms with E-state index in [1.807, 2.05) is 0 Å². The Hall–Kier alpha value is -2.77. The van der Waals surface area contributed by atoms with E-state index >= 15 is 0 Å². The van der Waals surface area contributed by atoms with Gasteiger partial charge in [0.15, 0.2) is 12.7 Å². The van der Waals surface area contributed by atoms with Gasteiger partial charge in [-0.15, -0.1) is 0 Å². The monoisotopic (exact) mass is 340 g/mol. The van der Waals surface area contributed by atoms with Crippen LogP contribution in [0.25, 0.3) is 0 Å². The number of nitrogens with one attached hydrogen (secondary N) is 1. The van der Waals surface area contributed by atoms with Gasteiger partial charge in [0, 0.05) is 11.9 Å². The maximum Gasteiger partial charge on any atom is 0.422 e. The molecule has 0 spiro atoms. The van der Waals surface area contributed by atoms with E-state index < -0.39 is 24.8 Å². The minimum Gasteiger partial charge on any atom is -0.484 e. The number of pyridine rings is 1. The van der Waals surface area contributed by atoms with Gasteiger partial charge in [-0.05, 0) is 43.3 Å². The molecule has 5 nitrogen and oxygen atoms in total. The topological polar surface area (TPSA) is 60.5 Å². The zero-order valence-corrected chi connectivity index (χ0v) is 12.7. The van der Waals surface area contributed by atoms with Crippen LogP contribution in [0.3, 0.4) is 0 Å². The summed E-state index contributed by atoms with van der Waals surface area (Å²) in [5, 5.41) is 2.60. The summed E-state index contributed by atoms with van der Waals surface area (Å²) >= 11 is 0. The van der Waals surface area contributed by atoms with E-state index in [-0.39, 0.29) is 5.75 Å². The number of benzene rings is 1. The number of alkyl halides is 3. The molecule has 1 atom stereocenters. The molecule has 0 bridgehead atoms. The number of amides is 1. The Bertz CT molecular complexity index is 661. The van der Waals surface area contributed by atoms with E-state index in [1.165, 1.54) is 30.5 Å². The number of halogens is 3. The number of aromatic nitrogens is 1. The lowest BCUT2D eigenvalue weighted by atomic mass is 10.3. The Morgan fingerprint density at radius 3 is 2.50 bits per heavy atom. The first-order chi connectivity index (χ1) is 11.3. The number of rotatable bonds is 6. The smallest absolute Gasteiger partial charge is 0.422 e. The Balaban J connectivity index is 1.87. The third kappa shape index (κ3) is 5.79. The van der Waals surface area contributed by atoms with Gasteiger partial charge in [-0.25, -0.2) is 0 Å². The van der Waals surface area contributed by atoms with Crippen LogP contribution >= 0.6 is 0 Å². The lowest BCUT2D eigenvalue weighted by Crippen LogP contribution is -2.30. The van der Waals surface area contributed by atoms with Gasteiger partial charge in [-0.1, -0.05) is 0 Å². The second-order valence-corrected chi connectivity index (χ2v) is 4.87. The van der Waals surface area contributed by atoms with Gasteiger partial charge < -0.3 is 14.8 Å². The molecule has 0 fully saturated rings. The summed E-state index contributed by atoms with van der Waals surface area (Å²) in [7, 11) is 0. The molecule has 2 rings (SSSR count). The summed E-state index contributed by atoms with van der Waals surface area (Å²) in [6.45, 7) is 0.206. The number of carbonyl (C=O) groups excluding carboxylic acids is 1. The highest BCUT2D eigenvalue weighted by atomic mass is 19.4. The first kappa shape index (κ1) is 17.6. The third-order valence-corrected chi connectivity index (χ3v) is 2.84. The molecule has 0 aliphatic heterocycles. The van der Waals surface area contributed by atoms with E-state index in [0.717, 1.165) is 0 Å². The van der Waals surface area contributed by atoms with Crippen LogP contribution in [0, 0.1) is 0 Å². The van der Waals surface area contributed by atoms with Crippen molar-refractivity contribution in [3.8, 4) is 11.5 Å².